The Morgan fingerprint density at radius 1 is 1.35 bits per heavy atom. The lowest BCUT2D eigenvalue weighted by atomic mass is 9.77. The van der Waals surface area contributed by atoms with Gasteiger partial charge in [-0.1, -0.05) is 17.7 Å². The van der Waals surface area contributed by atoms with Crippen LogP contribution in [0.5, 0.6) is 0 Å². The molecule has 3 aliphatic heterocycles. The molecule has 2 saturated heterocycles. The number of benzene rings is 1. The van der Waals surface area contributed by atoms with Gasteiger partial charge in [0, 0.05) is 17.6 Å². The summed E-state index contributed by atoms with van der Waals surface area (Å²) in [4.78, 5) is 14.8. The maximum atomic E-state index is 12.7. The summed E-state index contributed by atoms with van der Waals surface area (Å²) in [6, 6.07) is 6.71. The van der Waals surface area contributed by atoms with Gasteiger partial charge in [-0.2, -0.15) is 0 Å². The number of nitrogens with zero attached hydrogens (tertiary/aromatic N) is 1. The zero-order valence-corrected chi connectivity index (χ0v) is 12.2. The van der Waals surface area contributed by atoms with E-state index in [0.717, 1.165) is 43.8 Å². The molecule has 3 heterocycles. The first kappa shape index (κ1) is 12.7. The number of nitrogens with one attached hydrogen (secondary N) is 1. The number of halogens is 1. The van der Waals surface area contributed by atoms with Gasteiger partial charge in [0.1, 0.15) is 0 Å². The van der Waals surface area contributed by atoms with Crippen molar-refractivity contribution >= 4 is 17.5 Å². The molecular weight excluding hydrogens is 272 g/mol. The summed E-state index contributed by atoms with van der Waals surface area (Å²) in [5.74, 6) is 0.546. The van der Waals surface area contributed by atoms with Crippen LogP contribution in [0, 0.1) is 5.92 Å². The minimum Gasteiger partial charge on any atom is -0.335 e. The zero-order valence-electron chi connectivity index (χ0n) is 11.4. The van der Waals surface area contributed by atoms with Crippen molar-refractivity contribution in [3.05, 3.63) is 34.3 Å². The molecule has 1 N–H and O–H groups in total. The van der Waals surface area contributed by atoms with Gasteiger partial charge in [0.2, 0.25) is 5.91 Å². The quantitative estimate of drug-likeness (QED) is 0.796. The predicted octanol–water partition coefficient (Wildman–Crippen LogP) is 2.54. The summed E-state index contributed by atoms with van der Waals surface area (Å²) in [5, 5.41) is 4.32. The fraction of sp³-hybridized carbons (Fsp3) is 0.562. The summed E-state index contributed by atoms with van der Waals surface area (Å²) in [5.41, 5.74) is 2.63. The lowest BCUT2D eigenvalue weighted by Crippen LogP contribution is -2.57. The molecule has 3 nitrogen and oxygen atoms in total. The average molecular weight is 291 g/mol. The highest BCUT2D eigenvalue weighted by Gasteiger charge is 2.44. The van der Waals surface area contributed by atoms with Crippen molar-refractivity contribution in [1.82, 2.24) is 10.2 Å². The van der Waals surface area contributed by atoms with Crippen molar-refractivity contribution in [2.45, 2.75) is 37.8 Å². The van der Waals surface area contributed by atoms with Crippen LogP contribution in [0.3, 0.4) is 0 Å². The first-order valence-electron chi connectivity index (χ1n) is 7.56. The van der Waals surface area contributed by atoms with E-state index >= 15 is 0 Å². The first-order valence-corrected chi connectivity index (χ1v) is 7.94. The van der Waals surface area contributed by atoms with Crippen LogP contribution in [0.1, 0.15) is 36.4 Å². The number of hydrogen-bond acceptors (Lipinski definition) is 2. The van der Waals surface area contributed by atoms with Crippen LogP contribution in [0.15, 0.2) is 18.2 Å². The Kier molecular flexibility index (Phi) is 3.00. The van der Waals surface area contributed by atoms with E-state index in [9.17, 15) is 4.79 Å². The Balaban J connectivity index is 1.72. The molecule has 4 rings (SSSR count). The van der Waals surface area contributed by atoms with Gasteiger partial charge < -0.3 is 10.2 Å². The van der Waals surface area contributed by atoms with Gasteiger partial charge in [-0.3, -0.25) is 4.79 Å². The van der Waals surface area contributed by atoms with Gasteiger partial charge in [-0.15, -0.1) is 0 Å². The molecule has 1 aromatic carbocycles. The van der Waals surface area contributed by atoms with Crippen LogP contribution in [0.25, 0.3) is 0 Å². The molecule has 0 radical (unpaired) electrons. The number of carbonyl (C=O) groups is 1. The predicted molar refractivity (Wildman–Crippen MR) is 78.7 cm³/mol. The van der Waals surface area contributed by atoms with Crippen LogP contribution >= 0.6 is 11.6 Å². The molecule has 0 bridgehead atoms. The van der Waals surface area contributed by atoms with E-state index in [1.807, 2.05) is 6.07 Å². The smallest absolute Gasteiger partial charge is 0.227 e. The highest BCUT2D eigenvalue weighted by atomic mass is 35.5. The van der Waals surface area contributed by atoms with Crippen LogP contribution in [-0.2, 0) is 11.2 Å². The van der Waals surface area contributed by atoms with Crippen LogP contribution in [-0.4, -0.2) is 29.9 Å². The average Bonchev–Trinajstić information content (AvgIpc) is 2.47. The molecular formula is C16H19ClN2O. The Hall–Kier alpha value is -1.06. The molecule has 0 aromatic heterocycles. The fourth-order valence-corrected chi connectivity index (χ4v) is 4.32. The van der Waals surface area contributed by atoms with E-state index < -0.39 is 0 Å². The highest BCUT2D eigenvalue weighted by Crippen LogP contribution is 2.41. The SMILES string of the molecule is O=C1[C@H]2CCCN[C@H]2C[C@H]2c3cc(Cl)ccc3CCN12. The Bertz CT molecular complexity index is 559. The third-order valence-corrected chi connectivity index (χ3v) is 5.36. The molecule has 3 atom stereocenters. The molecule has 0 unspecified atom stereocenters. The van der Waals surface area contributed by atoms with Crippen molar-refractivity contribution in [2.75, 3.05) is 13.1 Å². The molecule has 0 spiro atoms. The summed E-state index contributed by atoms with van der Waals surface area (Å²) in [6.45, 7) is 1.91. The second kappa shape index (κ2) is 4.74. The lowest BCUT2D eigenvalue weighted by Gasteiger charge is -2.48. The van der Waals surface area contributed by atoms with Crippen LogP contribution < -0.4 is 5.32 Å². The second-order valence-corrected chi connectivity index (χ2v) is 6.62. The molecule has 1 amide bonds. The van der Waals surface area contributed by atoms with Crippen LogP contribution in [0.4, 0.5) is 0 Å². The highest BCUT2D eigenvalue weighted by molar-refractivity contribution is 6.30. The van der Waals surface area contributed by atoms with E-state index in [4.69, 9.17) is 11.6 Å². The standard InChI is InChI=1S/C16H19ClN2O/c17-11-4-3-10-5-7-19-15(13(10)8-11)9-14-12(16(19)20)2-1-6-18-14/h3-4,8,12,14-15,18H,1-2,5-7,9H2/t12-,14-,15-/m0/s1. The maximum absolute atomic E-state index is 12.7. The maximum Gasteiger partial charge on any atom is 0.227 e. The minimum atomic E-state index is 0.195. The molecule has 1 aromatic rings. The zero-order chi connectivity index (χ0) is 13.7. The monoisotopic (exact) mass is 290 g/mol. The third kappa shape index (κ3) is 1.87. The summed E-state index contributed by atoms with van der Waals surface area (Å²) >= 11 is 6.16. The molecule has 3 aliphatic rings. The van der Waals surface area contributed by atoms with Crippen molar-refractivity contribution in [1.29, 1.82) is 0 Å². The van der Waals surface area contributed by atoms with E-state index in [1.54, 1.807) is 0 Å². The van der Waals surface area contributed by atoms with Crippen molar-refractivity contribution < 1.29 is 4.79 Å². The first-order chi connectivity index (χ1) is 9.74. The number of carbonyl (C=O) groups excluding carboxylic acids is 1. The van der Waals surface area contributed by atoms with Crippen molar-refractivity contribution in [2.24, 2.45) is 5.92 Å². The van der Waals surface area contributed by atoms with E-state index in [-0.39, 0.29) is 12.0 Å². The Morgan fingerprint density at radius 2 is 2.25 bits per heavy atom. The number of amides is 1. The minimum absolute atomic E-state index is 0.195. The Morgan fingerprint density at radius 3 is 3.15 bits per heavy atom. The topological polar surface area (TPSA) is 32.3 Å². The molecule has 0 saturated carbocycles. The van der Waals surface area contributed by atoms with Crippen molar-refractivity contribution in [3.8, 4) is 0 Å². The van der Waals surface area contributed by atoms with Crippen molar-refractivity contribution in [3.63, 3.8) is 0 Å². The normalized spacial score (nSPS) is 32.4. The van der Waals surface area contributed by atoms with Gasteiger partial charge in [0.25, 0.3) is 0 Å². The number of fused-ring (bicyclic) bond motifs is 4. The summed E-state index contributed by atoms with van der Waals surface area (Å²) < 4.78 is 0. The van der Waals surface area contributed by atoms with E-state index in [2.05, 4.69) is 22.3 Å². The molecule has 2 fully saturated rings. The largest absolute Gasteiger partial charge is 0.335 e. The van der Waals surface area contributed by atoms with Gasteiger partial charge >= 0.3 is 0 Å². The summed E-state index contributed by atoms with van der Waals surface area (Å²) in [7, 11) is 0. The third-order valence-electron chi connectivity index (χ3n) is 5.13. The van der Waals surface area contributed by atoms with E-state index in [0.29, 0.717) is 11.9 Å². The number of piperidine rings is 2. The van der Waals surface area contributed by atoms with Crippen LogP contribution in [0.2, 0.25) is 5.02 Å². The molecule has 0 aliphatic carbocycles. The molecule has 106 valence electrons. The number of rotatable bonds is 0. The Labute approximate surface area is 124 Å². The fourth-order valence-electron chi connectivity index (χ4n) is 4.14. The van der Waals surface area contributed by atoms with Gasteiger partial charge in [0.15, 0.2) is 0 Å². The van der Waals surface area contributed by atoms with Gasteiger partial charge in [-0.05, 0) is 55.5 Å². The molecule has 20 heavy (non-hydrogen) atoms. The van der Waals surface area contributed by atoms with E-state index in [1.165, 1.54) is 11.1 Å². The van der Waals surface area contributed by atoms with Gasteiger partial charge in [0.05, 0.1) is 12.0 Å². The van der Waals surface area contributed by atoms with Gasteiger partial charge in [-0.25, -0.2) is 0 Å². The second-order valence-electron chi connectivity index (χ2n) is 6.19. The lowest BCUT2D eigenvalue weighted by molar-refractivity contribution is -0.145. The number of hydrogen-bond donors (Lipinski definition) is 1. The molecule has 4 heteroatoms. The summed E-state index contributed by atoms with van der Waals surface area (Å²) in [6.07, 6.45) is 4.15.